The number of hydrogen-bond donors (Lipinski definition) is 0. The van der Waals surface area contributed by atoms with Crippen molar-refractivity contribution in [3.63, 3.8) is 0 Å². The van der Waals surface area contributed by atoms with E-state index < -0.39 is 10.0 Å². The monoisotopic (exact) mass is 454 g/mol. The molecule has 8 heteroatoms. The van der Waals surface area contributed by atoms with E-state index in [4.69, 9.17) is 0 Å². The van der Waals surface area contributed by atoms with Gasteiger partial charge < -0.3 is 4.90 Å². The molecule has 0 unspecified atom stereocenters. The highest BCUT2D eigenvalue weighted by Gasteiger charge is 2.30. The topological polar surface area (TPSA) is 75.0 Å². The Hall–Kier alpha value is -2.71. The minimum atomic E-state index is -3.46. The fourth-order valence-corrected chi connectivity index (χ4v) is 6.03. The Kier molecular flexibility index (Phi) is 6.35. The van der Waals surface area contributed by atoms with E-state index in [1.165, 1.54) is 0 Å². The van der Waals surface area contributed by atoms with E-state index in [1.54, 1.807) is 33.1 Å². The second-order valence-corrected chi connectivity index (χ2v) is 10.2. The zero-order valence-electron chi connectivity index (χ0n) is 18.9. The lowest BCUT2D eigenvalue weighted by Gasteiger charge is -2.31. The predicted molar refractivity (Wildman–Crippen MR) is 124 cm³/mol. The fourth-order valence-electron chi connectivity index (χ4n) is 4.54. The summed E-state index contributed by atoms with van der Waals surface area (Å²) in [5.74, 6) is 0.247. The van der Waals surface area contributed by atoms with Crippen LogP contribution in [0.4, 0.5) is 0 Å². The number of carbonyl (C=O) groups is 1. The van der Waals surface area contributed by atoms with Crippen molar-refractivity contribution < 1.29 is 13.2 Å². The van der Waals surface area contributed by atoms with Gasteiger partial charge in [0.2, 0.25) is 10.0 Å². The minimum absolute atomic E-state index is 0.00317. The summed E-state index contributed by atoms with van der Waals surface area (Å²) in [6, 6.07) is 12.7. The lowest BCUT2D eigenvalue weighted by Crippen LogP contribution is -2.37. The summed E-state index contributed by atoms with van der Waals surface area (Å²) in [5.41, 5.74) is 3.32. The number of pyridine rings is 1. The van der Waals surface area contributed by atoms with Gasteiger partial charge in [0.25, 0.3) is 5.91 Å². The van der Waals surface area contributed by atoms with Crippen molar-refractivity contribution in [3.05, 3.63) is 65.5 Å². The SMILES string of the molecule is CCN(CC)C(=O)c1c(C)nn2ccc(C3CCN(S(=O)(=O)c4ccccc4)CC3)cc12. The number of amides is 1. The molecule has 0 spiro atoms. The Morgan fingerprint density at radius 3 is 2.38 bits per heavy atom. The van der Waals surface area contributed by atoms with Crippen molar-refractivity contribution in [2.24, 2.45) is 0 Å². The van der Waals surface area contributed by atoms with Crippen LogP contribution in [0.3, 0.4) is 0 Å². The predicted octanol–water partition coefficient (Wildman–Crippen LogP) is 3.69. The second kappa shape index (κ2) is 9.03. The highest BCUT2D eigenvalue weighted by molar-refractivity contribution is 7.89. The number of rotatable bonds is 6. The number of carbonyl (C=O) groups excluding carboxylic acids is 1. The molecule has 4 rings (SSSR count). The Morgan fingerprint density at radius 1 is 1.09 bits per heavy atom. The van der Waals surface area contributed by atoms with Crippen molar-refractivity contribution >= 4 is 21.4 Å². The van der Waals surface area contributed by atoms with E-state index in [0.717, 1.165) is 29.6 Å². The van der Waals surface area contributed by atoms with Gasteiger partial charge in [-0.2, -0.15) is 9.40 Å². The van der Waals surface area contributed by atoms with Crippen molar-refractivity contribution in [3.8, 4) is 0 Å². The van der Waals surface area contributed by atoms with Crippen LogP contribution in [-0.2, 0) is 10.0 Å². The number of sulfonamides is 1. The molecule has 0 atom stereocenters. The average molecular weight is 455 g/mol. The van der Waals surface area contributed by atoms with Gasteiger partial charge in [-0.1, -0.05) is 18.2 Å². The molecule has 1 amide bonds. The third-order valence-corrected chi connectivity index (χ3v) is 8.32. The zero-order valence-corrected chi connectivity index (χ0v) is 19.7. The normalized spacial score (nSPS) is 15.8. The summed E-state index contributed by atoms with van der Waals surface area (Å²) < 4.78 is 29.2. The van der Waals surface area contributed by atoms with Crippen LogP contribution in [0, 0.1) is 6.92 Å². The number of aromatic nitrogens is 2. The molecule has 1 aliphatic heterocycles. The fraction of sp³-hybridized carbons (Fsp3) is 0.417. The summed E-state index contributed by atoms with van der Waals surface area (Å²) in [6.07, 6.45) is 3.40. The Balaban J connectivity index is 1.57. The maximum atomic E-state index is 13.1. The Bertz CT molecular complexity index is 1210. The first-order valence-electron chi connectivity index (χ1n) is 11.2. The van der Waals surface area contributed by atoms with Crippen molar-refractivity contribution in [1.29, 1.82) is 0 Å². The third-order valence-electron chi connectivity index (χ3n) is 6.40. The molecule has 0 bridgehead atoms. The Morgan fingerprint density at radius 2 is 1.75 bits per heavy atom. The van der Waals surface area contributed by atoms with Gasteiger partial charge in [0.15, 0.2) is 0 Å². The number of nitrogens with zero attached hydrogens (tertiary/aromatic N) is 4. The van der Waals surface area contributed by atoms with Gasteiger partial charge in [0, 0.05) is 32.4 Å². The molecule has 7 nitrogen and oxygen atoms in total. The van der Waals surface area contributed by atoms with Gasteiger partial charge in [-0.15, -0.1) is 0 Å². The standard InChI is InChI=1S/C24H30N4O3S/c1-4-26(5-2)24(29)23-18(3)25-28-16-13-20(17-22(23)28)19-11-14-27(15-12-19)32(30,31)21-9-7-6-8-10-21/h6-10,13,16-17,19H,4-5,11-12,14-15H2,1-3H3. The quantitative estimate of drug-likeness (QED) is 0.569. The third kappa shape index (κ3) is 4.04. The molecule has 0 saturated carbocycles. The van der Waals surface area contributed by atoms with E-state index in [0.29, 0.717) is 36.6 Å². The molecule has 1 aliphatic rings. The van der Waals surface area contributed by atoms with E-state index >= 15 is 0 Å². The van der Waals surface area contributed by atoms with Crippen LogP contribution in [0.5, 0.6) is 0 Å². The van der Waals surface area contributed by atoms with Crippen LogP contribution in [0.25, 0.3) is 5.52 Å². The molecular formula is C24H30N4O3S. The molecule has 32 heavy (non-hydrogen) atoms. The van der Waals surface area contributed by atoms with Crippen molar-refractivity contribution in [1.82, 2.24) is 18.8 Å². The van der Waals surface area contributed by atoms with Gasteiger partial charge in [0.05, 0.1) is 21.7 Å². The van der Waals surface area contributed by atoms with Crippen LogP contribution in [0.1, 0.15) is 54.2 Å². The van der Waals surface area contributed by atoms with Crippen LogP contribution in [-0.4, -0.2) is 59.3 Å². The molecule has 170 valence electrons. The van der Waals surface area contributed by atoms with E-state index in [-0.39, 0.29) is 11.8 Å². The van der Waals surface area contributed by atoms with Gasteiger partial charge in [-0.05, 0) is 69.4 Å². The molecule has 3 aromatic rings. The molecule has 0 N–H and O–H groups in total. The van der Waals surface area contributed by atoms with E-state index in [9.17, 15) is 13.2 Å². The van der Waals surface area contributed by atoms with Crippen molar-refractivity contribution in [2.75, 3.05) is 26.2 Å². The average Bonchev–Trinajstić information content (AvgIpc) is 3.15. The number of aryl methyl sites for hydroxylation is 1. The molecule has 3 heterocycles. The van der Waals surface area contributed by atoms with Crippen LogP contribution < -0.4 is 0 Å². The summed E-state index contributed by atoms with van der Waals surface area (Å²) in [6.45, 7) is 8.10. The molecule has 0 aliphatic carbocycles. The van der Waals surface area contributed by atoms with Gasteiger partial charge in [0.1, 0.15) is 0 Å². The van der Waals surface area contributed by atoms with E-state index in [1.807, 2.05) is 44.0 Å². The maximum absolute atomic E-state index is 13.1. The number of fused-ring (bicyclic) bond motifs is 1. The molecule has 1 fully saturated rings. The summed E-state index contributed by atoms with van der Waals surface area (Å²) in [5, 5.41) is 4.53. The Labute approximate surface area is 189 Å². The van der Waals surface area contributed by atoms with Crippen LogP contribution in [0.2, 0.25) is 0 Å². The lowest BCUT2D eigenvalue weighted by atomic mass is 9.90. The second-order valence-electron chi connectivity index (χ2n) is 8.22. The maximum Gasteiger partial charge on any atom is 0.257 e. The summed E-state index contributed by atoms with van der Waals surface area (Å²) >= 11 is 0. The number of hydrogen-bond acceptors (Lipinski definition) is 4. The first-order chi connectivity index (χ1) is 15.4. The number of piperidine rings is 1. The number of benzene rings is 1. The highest BCUT2D eigenvalue weighted by atomic mass is 32.2. The van der Waals surface area contributed by atoms with Gasteiger partial charge in [-0.25, -0.2) is 12.9 Å². The van der Waals surface area contributed by atoms with Crippen molar-refractivity contribution in [2.45, 2.75) is 44.4 Å². The van der Waals surface area contributed by atoms with Crippen LogP contribution in [0.15, 0.2) is 53.6 Å². The summed E-state index contributed by atoms with van der Waals surface area (Å²) in [4.78, 5) is 15.2. The summed E-state index contributed by atoms with van der Waals surface area (Å²) in [7, 11) is -3.46. The van der Waals surface area contributed by atoms with E-state index in [2.05, 4.69) is 11.2 Å². The van der Waals surface area contributed by atoms with Gasteiger partial charge in [-0.3, -0.25) is 4.79 Å². The smallest absolute Gasteiger partial charge is 0.257 e. The minimum Gasteiger partial charge on any atom is -0.339 e. The zero-order chi connectivity index (χ0) is 22.9. The molecule has 1 saturated heterocycles. The lowest BCUT2D eigenvalue weighted by molar-refractivity contribution is 0.0774. The van der Waals surface area contributed by atoms with Gasteiger partial charge >= 0.3 is 0 Å². The molecular weight excluding hydrogens is 424 g/mol. The first-order valence-corrected chi connectivity index (χ1v) is 12.6. The largest absolute Gasteiger partial charge is 0.339 e. The molecule has 0 radical (unpaired) electrons. The molecule has 2 aromatic heterocycles. The molecule has 1 aromatic carbocycles. The highest BCUT2D eigenvalue weighted by Crippen LogP contribution is 2.32. The first kappa shape index (κ1) is 22.5. The van der Waals surface area contributed by atoms with Crippen LogP contribution >= 0.6 is 0 Å².